The summed E-state index contributed by atoms with van der Waals surface area (Å²) in [5.41, 5.74) is 1.94. The number of hydrogen-bond acceptors (Lipinski definition) is 1. The van der Waals surface area contributed by atoms with Crippen molar-refractivity contribution in [2.75, 3.05) is 0 Å². The fraction of sp³-hybridized carbons (Fsp3) is 0.0714. The second-order valence-electron chi connectivity index (χ2n) is 4.35. The SMILES string of the molecule is Cc1ccc(-n2c(=S)[nH]c3c(F)cccc32)c(F)c1. The van der Waals surface area contributed by atoms with Gasteiger partial charge in [0, 0.05) is 0 Å². The van der Waals surface area contributed by atoms with Crippen molar-refractivity contribution < 1.29 is 8.78 Å². The molecule has 0 aliphatic heterocycles. The van der Waals surface area contributed by atoms with E-state index in [1.54, 1.807) is 31.2 Å². The van der Waals surface area contributed by atoms with E-state index in [4.69, 9.17) is 12.2 Å². The van der Waals surface area contributed by atoms with E-state index in [1.807, 2.05) is 0 Å². The number of aromatic amines is 1. The van der Waals surface area contributed by atoms with Gasteiger partial charge in [-0.05, 0) is 49.0 Å². The van der Waals surface area contributed by atoms with Gasteiger partial charge in [0.05, 0.1) is 11.2 Å². The van der Waals surface area contributed by atoms with Gasteiger partial charge in [0.25, 0.3) is 0 Å². The molecule has 0 bridgehead atoms. The third-order valence-electron chi connectivity index (χ3n) is 3.01. The van der Waals surface area contributed by atoms with E-state index in [-0.39, 0.29) is 16.1 Å². The van der Waals surface area contributed by atoms with Gasteiger partial charge in [0.15, 0.2) is 4.77 Å². The highest BCUT2D eigenvalue weighted by molar-refractivity contribution is 7.71. The number of H-pyrrole nitrogens is 1. The highest BCUT2D eigenvalue weighted by atomic mass is 32.1. The largest absolute Gasteiger partial charge is 0.328 e. The Morgan fingerprint density at radius 1 is 1.11 bits per heavy atom. The predicted octanol–water partition coefficient (Wildman–Crippen LogP) is 4.27. The van der Waals surface area contributed by atoms with Crippen molar-refractivity contribution in [2.45, 2.75) is 6.92 Å². The smallest absolute Gasteiger partial charge is 0.182 e. The summed E-state index contributed by atoms with van der Waals surface area (Å²) < 4.78 is 29.5. The minimum atomic E-state index is -0.408. The van der Waals surface area contributed by atoms with Gasteiger partial charge in [-0.3, -0.25) is 4.57 Å². The van der Waals surface area contributed by atoms with Crippen molar-refractivity contribution in [2.24, 2.45) is 0 Å². The van der Waals surface area contributed by atoms with Gasteiger partial charge in [0.1, 0.15) is 17.2 Å². The molecule has 1 aromatic heterocycles. The van der Waals surface area contributed by atoms with Gasteiger partial charge < -0.3 is 4.98 Å². The van der Waals surface area contributed by atoms with Crippen LogP contribution in [0.4, 0.5) is 8.78 Å². The number of fused-ring (bicyclic) bond motifs is 1. The molecule has 2 nitrogen and oxygen atoms in total. The molecule has 0 amide bonds. The number of hydrogen-bond donors (Lipinski definition) is 1. The van der Waals surface area contributed by atoms with Crippen molar-refractivity contribution in [3.05, 3.63) is 58.4 Å². The summed E-state index contributed by atoms with van der Waals surface area (Å²) in [6, 6.07) is 9.46. The molecule has 5 heteroatoms. The predicted molar refractivity (Wildman–Crippen MR) is 73.1 cm³/mol. The van der Waals surface area contributed by atoms with Crippen LogP contribution in [-0.2, 0) is 0 Å². The maximum atomic E-state index is 14.0. The summed E-state index contributed by atoms with van der Waals surface area (Å²) in [4.78, 5) is 2.77. The number of benzene rings is 2. The Bertz CT molecular complexity index is 833. The molecule has 96 valence electrons. The summed E-state index contributed by atoms with van der Waals surface area (Å²) in [5.74, 6) is -0.795. The fourth-order valence-electron chi connectivity index (χ4n) is 2.13. The van der Waals surface area contributed by atoms with E-state index in [9.17, 15) is 8.78 Å². The molecule has 0 saturated carbocycles. The Kier molecular flexibility index (Phi) is 2.71. The lowest BCUT2D eigenvalue weighted by molar-refractivity contribution is 0.617. The summed E-state index contributed by atoms with van der Waals surface area (Å²) >= 11 is 5.16. The van der Waals surface area contributed by atoms with E-state index >= 15 is 0 Å². The number of para-hydroxylation sites is 1. The Balaban J connectivity index is 2.40. The number of aromatic nitrogens is 2. The number of nitrogens with zero attached hydrogens (tertiary/aromatic N) is 1. The second kappa shape index (κ2) is 4.28. The van der Waals surface area contributed by atoms with Crippen LogP contribution in [0, 0.1) is 23.3 Å². The minimum Gasteiger partial charge on any atom is -0.328 e. The molecule has 0 fully saturated rings. The topological polar surface area (TPSA) is 20.7 Å². The van der Waals surface area contributed by atoms with Crippen LogP contribution in [0.5, 0.6) is 0 Å². The molecule has 0 aliphatic rings. The lowest BCUT2D eigenvalue weighted by Crippen LogP contribution is -1.98. The molecular weight excluding hydrogens is 266 g/mol. The van der Waals surface area contributed by atoms with Crippen LogP contribution in [0.1, 0.15) is 5.56 Å². The third-order valence-corrected chi connectivity index (χ3v) is 3.30. The summed E-state index contributed by atoms with van der Waals surface area (Å²) in [7, 11) is 0. The van der Waals surface area contributed by atoms with Crippen LogP contribution in [0.2, 0.25) is 0 Å². The van der Waals surface area contributed by atoms with Crippen LogP contribution >= 0.6 is 12.2 Å². The second-order valence-corrected chi connectivity index (χ2v) is 4.74. The Morgan fingerprint density at radius 3 is 2.63 bits per heavy atom. The molecule has 19 heavy (non-hydrogen) atoms. The molecule has 0 atom stereocenters. The maximum Gasteiger partial charge on any atom is 0.182 e. The van der Waals surface area contributed by atoms with Gasteiger partial charge in [-0.15, -0.1) is 0 Å². The van der Waals surface area contributed by atoms with Crippen molar-refractivity contribution in [3.8, 4) is 5.69 Å². The number of aryl methyl sites for hydroxylation is 1. The average Bonchev–Trinajstić information content (AvgIpc) is 2.68. The van der Waals surface area contributed by atoms with Crippen LogP contribution in [0.3, 0.4) is 0 Å². The van der Waals surface area contributed by atoms with E-state index in [0.717, 1.165) is 5.56 Å². The summed E-state index contributed by atoms with van der Waals surface area (Å²) in [5, 5.41) is 0. The van der Waals surface area contributed by atoms with Gasteiger partial charge in [0.2, 0.25) is 0 Å². The van der Waals surface area contributed by atoms with Crippen molar-refractivity contribution in [1.82, 2.24) is 9.55 Å². The molecule has 2 aromatic carbocycles. The molecule has 3 rings (SSSR count). The highest BCUT2D eigenvalue weighted by Gasteiger charge is 2.12. The maximum absolute atomic E-state index is 14.0. The minimum absolute atomic E-state index is 0.267. The van der Waals surface area contributed by atoms with E-state index < -0.39 is 5.82 Å². The van der Waals surface area contributed by atoms with Gasteiger partial charge in [-0.1, -0.05) is 12.1 Å². The lowest BCUT2D eigenvalue weighted by Gasteiger charge is -2.06. The van der Waals surface area contributed by atoms with Crippen LogP contribution in [0.15, 0.2) is 36.4 Å². The molecule has 0 unspecified atom stereocenters. The normalized spacial score (nSPS) is 11.1. The van der Waals surface area contributed by atoms with Gasteiger partial charge in [-0.25, -0.2) is 8.78 Å². The van der Waals surface area contributed by atoms with E-state index in [2.05, 4.69) is 4.98 Å². The lowest BCUT2D eigenvalue weighted by atomic mass is 10.2. The molecule has 0 radical (unpaired) electrons. The average molecular weight is 276 g/mol. The number of rotatable bonds is 1. The Labute approximate surface area is 113 Å². The first kappa shape index (κ1) is 12.0. The van der Waals surface area contributed by atoms with Crippen LogP contribution in [-0.4, -0.2) is 9.55 Å². The quantitative estimate of drug-likeness (QED) is 0.658. The standard InChI is InChI=1S/C14H10F2N2S/c1-8-5-6-11(10(16)7-8)18-12-4-2-3-9(15)13(12)17-14(18)19/h2-7H,1H3,(H,17,19). The fourth-order valence-corrected chi connectivity index (χ4v) is 2.43. The van der Waals surface area contributed by atoms with Crippen LogP contribution < -0.4 is 0 Å². The molecule has 1 N–H and O–H groups in total. The molecule has 3 aromatic rings. The first-order valence-corrected chi connectivity index (χ1v) is 6.14. The molecule has 0 aliphatic carbocycles. The zero-order valence-electron chi connectivity index (χ0n) is 10.1. The van der Waals surface area contributed by atoms with E-state index in [1.165, 1.54) is 16.7 Å². The van der Waals surface area contributed by atoms with E-state index in [0.29, 0.717) is 11.2 Å². The number of nitrogens with one attached hydrogen (secondary N) is 1. The van der Waals surface area contributed by atoms with Crippen molar-refractivity contribution in [1.29, 1.82) is 0 Å². The van der Waals surface area contributed by atoms with Gasteiger partial charge in [-0.2, -0.15) is 0 Å². The zero-order valence-corrected chi connectivity index (χ0v) is 10.9. The summed E-state index contributed by atoms with van der Waals surface area (Å²) in [6.45, 7) is 1.81. The number of halogens is 2. The first-order valence-electron chi connectivity index (χ1n) is 5.73. The van der Waals surface area contributed by atoms with Crippen molar-refractivity contribution in [3.63, 3.8) is 0 Å². The Morgan fingerprint density at radius 2 is 1.89 bits per heavy atom. The monoisotopic (exact) mass is 276 g/mol. The van der Waals surface area contributed by atoms with Gasteiger partial charge >= 0.3 is 0 Å². The molecule has 1 heterocycles. The Hall–Kier alpha value is -2.01. The summed E-state index contributed by atoms with van der Waals surface area (Å²) in [6.07, 6.45) is 0. The third kappa shape index (κ3) is 1.86. The first-order chi connectivity index (χ1) is 9.08. The molecular formula is C14H10F2N2S. The zero-order chi connectivity index (χ0) is 13.6. The molecule has 0 saturated heterocycles. The highest BCUT2D eigenvalue weighted by Crippen LogP contribution is 2.23. The number of imidazole rings is 1. The molecule has 0 spiro atoms. The van der Waals surface area contributed by atoms with Crippen LogP contribution in [0.25, 0.3) is 16.7 Å². The van der Waals surface area contributed by atoms with Crippen molar-refractivity contribution >= 4 is 23.3 Å².